The Morgan fingerprint density at radius 2 is 1.90 bits per heavy atom. The van der Waals surface area contributed by atoms with E-state index in [2.05, 4.69) is 39.2 Å². The van der Waals surface area contributed by atoms with Crippen LogP contribution in [0.2, 0.25) is 0 Å². The van der Waals surface area contributed by atoms with E-state index in [0.29, 0.717) is 6.04 Å². The standard InChI is InChI=1S/C17H27NOS/c1-5-7-12-18(14(3)6-2)17(19)16-10-8-15(9-11-16)13-20-4/h8-11,14H,5-7,12-13H2,1-4H3. The van der Waals surface area contributed by atoms with Gasteiger partial charge in [-0.25, -0.2) is 0 Å². The zero-order valence-electron chi connectivity index (χ0n) is 13.2. The second kappa shape index (κ2) is 9.06. The predicted molar refractivity (Wildman–Crippen MR) is 89.4 cm³/mol. The Morgan fingerprint density at radius 1 is 1.25 bits per heavy atom. The number of rotatable bonds is 8. The molecule has 0 spiro atoms. The Kier molecular flexibility index (Phi) is 7.75. The number of nitrogens with zero attached hydrogens (tertiary/aromatic N) is 1. The molecular formula is C17H27NOS. The van der Waals surface area contributed by atoms with E-state index in [0.717, 1.165) is 37.1 Å². The second-order valence-corrected chi connectivity index (χ2v) is 6.11. The summed E-state index contributed by atoms with van der Waals surface area (Å²) >= 11 is 1.80. The Labute approximate surface area is 127 Å². The summed E-state index contributed by atoms with van der Waals surface area (Å²) in [5.41, 5.74) is 2.09. The normalized spacial score (nSPS) is 12.2. The monoisotopic (exact) mass is 293 g/mol. The lowest BCUT2D eigenvalue weighted by Gasteiger charge is -2.28. The maximum absolute atomic E-state index is 12.6. The Balaban J connectivity index is 2.82. The molecule has 0 radical (unpaired) electrons. The lowest BCUT2D eigenvalue weighted by atomic mass is 10.1. The maximum atomic E-state index is 12.6. The molecule has 1 rings (SSSR count). The molecule has 0 saturated carbocycles. The first kappa shape index (κ1) is 17.1. The first-order valence-corrected chi connectivity index (χ1v) is 8.92. The Hall–Kier alpha value is -0.960. The maximum Gasteiger partial charge on any atom is 0.254 e. The van der Waals surface area contributed by atoms with Gasteiger partial charge in [0.05, 0.1) is 0 Å². The van der Waals surface area contributed by atoms with E-state index >= 15 is 0 Å². The summed E-state index contributed by atoms with van der Waals surface area (Å²) in [6.45, 7) is 7.29. The fourth-order valence-electron chi connectivity index (χ4n) is 2.15. The van der Waals surface area contributed by atoms with Crippen molar-refractivity contribution in [1.82, 2.24) is 4.90 Å². The number of benzene rings is 1. The molecule has 2 nitrogen and oxygen atoms in total. The molecule has 0 heterocycles. The van der Waals surface area contributed by atoms with Gasteiger partial charge < -0.3 is 4.90 Å². The number of thioether (sulfide) groups is 1. The minimum absolute atomic E-state index is 0.170. The molecule has 3 heteroatoms. The molecule has 0 aromatic heterocycles. The van der Waals surface area contributed by atoms with Gasteiger partial charge in [-0.2, -0.15) is 11.8 Å². The van der Waals surface area contributed by atoms with E-state index in [4.69, 9.17) is 0 Å². The van der Waals surface area contributed by atoms with Gasteiger partial charge in [0.25, 0.3) is 5.91 Å². The third-order valence-electron chi connectivity index (χ3n) is 3.65. The zero-order valence-corrected chi connectivity index (χ0v) is 14.0. The van der Waals surface area contributed by atoms with Crippen LogP contribution in [0.1, 0.15) is 56.0 Å². The van der Waals surface area contributed by atoms with Crippen LogP contribution in [0.3, 0.4) is 0 Å². The van der Waals surface area contributed by atoms with E-state index in [1.165, 1.54) is 5.56 Å². The van der Waals surface area contributed by atoms with Gasteiger partial charge >= 0.3 is 0 Å². The lowest BCUT2D eigenvalue weighted by Crippen LogP contribution is -2.39. The van der Waals surface area contributed by atoms with Crippen LogP contribution in [0.25, 0.3) is 0 Å². The molecule has 0 bridgehead atoms. The van der Waals surface area contributed by atoms with Gasteiger partial charge in [-0.15, -0.1) is 0 Å². The van der Waals surface area contributed by atoms with Gasteiger partial charge in [-0.3, -0.25) is 4.79 Å². The van der Waals surface area contributed by atoms with Gasteiger partial charge in [-0.1, -0.05) is 32.4 Å². The van der Waals surface area contributed by atoms with Crippen molar-refractivity contribution >= 4 is 17.7 Å². The van der Waals surface area contributed by atoms with Gasteiger partial charge in [0, 0.05) is 23.9 Å². The fraction of sp³-hybridized carbons (Fsp3) is 0.588. The average molecular weight is 293 g/mol. The molecule has 0 aliphatic rings. The quantitative estimate of drug-likeness (QED) is 0.698. The summed E-state index contributed by atoms with van der Waals surface area (Å²) in [6.07, 6.45) is 5.28. The van der Waals surface area contributed by atoms with Crippen molar-refractivity contribution in [1.29, 1.82) is 0 Å². The summed E-state index contributed by atoms with van der Waals surface area (Å²) in [4.78, 5) is 14.7. The molecule has 1 aromatic rings. The lowest BCUT2D eigenvalue weighted by molar-refractivity contribution is 0.0685. The Morgan fingerprint density at radius 3 is 2.40 bits per heavy atom. The number of hydrogen-bond acceptors (Lipinski definition) is 2. The molecule has 20 heavy (non-hydrogen) atoms. The first-order chi connectivity index (χ1) is 9.63. The van der Waals surface area contributed by atoms with Crippen LogP contribution >= 0.6 is 11.8 Å². The van der Waals surface area contributed by atoms with Gasteiger partial charge in [-0.05, 0) is 43.7 Å². The van der Waals surface area contributed by atoms with Crippen LogP contribution in [0.4, 0.5) is 0 Å². The molecule has 1 aromatic carbocycles. The highest BCUT2D eigenvalue weighted by Gasteiger charge is 2.19. The van der Waals surface area contributed by atoms with Crippen molar-refractivity contribution in [3.05, 3.63) is 35.4 Å². The average Bonchev–Trinajstić information content (AvgIpc) is 2.48. The van der Waals surface area contributed by atoms with E-state index in [9.17, 15) is 4.79 Å². The number of carbonyl (C=O) groups is 1. The van der Waals surface area contributed by atoms with Crippen LogP contribution in [0.5, 0.6) is 0 Å². The first-order valence-electron chi connectivity index (χ1n) is 7.52. The van der Waals surface area contributed by atoms with Crippen LogP contribution in [0.15, 0.2) is 24.3 Å². The number of carbonyl (C=O) groups excluding carboxylic acids is 1. The van der Waals surface area contributed by atoms with Crippen molar-refractivity contribution in [2.24, 2.45) is 0 Å². The van der Waals surface area contributed by atoms with Gasteiger partial charge in [0.1, 0.15) is 0 Å². The van der Waals surface area contributed by atoms with E-state index < -0.39 is 0 Å². The summed E-state index contributed by atoms with van der Waals surface area (Å²) < 4.78 is 0. The molecule has 1 unspecified atom stereocenters. The number of hydrogen-bond donors (Lipinski definition) is 0. The highest BCUT2D eigenvalue weighted by atomic mass is 32.2. The second-order valence-electron chi connectivity index (χ2n) is 5.24. The van der Waals surface area contributed by atoms with Crippen LogP contribution in [-0.4, -0.2) is 29.6 Å². The van der Waals surface area contributed by atoms with Crippen LogP contribution in [-0.2, 0) is 5.75 Å². The summed E-state index contributed by atoms with van der Waals surface area (Å²) in [6, 6.07) is 8.38. The van der Waals surface area contributed by atoms with E-state index in [1.54, 1.807) is 11.8 Å². The molecular weight excluding hydrogens is 266 g/mol. The molecule has 0 aliphatic carbocycles. The SMILES string of the molecule is CCCCN(C(=O)c1ccc(CSC)cc1)C(C)CC. The van der Waals surface area contributed by atoms with Gasteiger partial charge in [0.2, 0.25) is 0 Å². The zero-order chi connectivity index (χ0) is 15.0. The highest BCUT2D eigenvalue weighted by Crippen LogP contribution is 2.15. The molecule has 0 saturated heterocycles. The Bertz CT molecular complexity index is 402. The fourth-order valence-corrected chi connectivity index (χ4v) is 2.67. The van der Waals surface area contributed by atoms with E-state index in [1.807, 2.05) is 17.0 Å². The predicted octanol–water partition coefficient (Wildman–Crippen LogP) is 4.59. The molecule has 1 atom stereocenters. The van der Waals surface area contributed by atoms with Crippen molar-refractivity contribution < 1.29 is 4.79 Å². The summed E-state index contributed by atoms with van der Waals surface area (Å²) in [7, 11) is 0. The summed E-state index contributed by atoms with van der Waals surface area (Å²) in [5.74, 6) is 1.17. The van der Waals surface area contributed by atoms with Crippen molar-refractivity contribution in [3.8, 4) is 0 Å². The smallest absolute Gasteiger partial charge is 0.254 e. The molecule has 0 fully saturated rings. The topological polar surface area (TPSA) is 20.3 Å². The van der Waals surface area contributed by atoms with Crippen molar-refractivity contribution in [2.45, 2.75) is 51.8 Å². The number of amides is 1. The minimum atomic E-state index is 0.170. The molecule has 112 valence electrons. The third kappa shape index (κ3) is 4.86. The van der Waals surface area contributed by atoms with Crippen molar-refractivity contribution in [3.63, 3.8) is 0 Å². The summed E-state index contributed by atoms with van der Waals surface area (Å²) in [5, 5.41) is 0. The van der Waals surface area contributed by atoms with Crippen LogP contribution in [0, 0.1) is 0 Å². The highest BCUT2D eigenvalue weighted by molar-refractivity contribution is 7.97. The van der Waals surface area contributed by atoms with Crippen molar-refractivity contribution in [2.75, 3.05) is 12.8 Å². The third-order valence-corrected chi connectivity index (χ3v) is 4.27. The van der Waals surface area contributed by atoms with Crippen LogP contribution < -0.4 is 0 Å². The molecule has 1 amide bonds. The number of unbranched alkanes of at least 4 members (excludes halogenated alkanes) is 1. The minimum Gasteiger partial charge on any atom is -0.336 e. The van der Waals surface area contributed by atoms with E-state index in [-0.39, 0.29) is 5.91 Å². The molecule has 0 N–H and O–H groups in total. The molecule has 0 aliphatic heterocycles. The largest absolute Gasteiger partial charge is 0.336 e. The van der Waals surface area contributed by atoms with Gasteiger partial charge in [0.15, 0.2) is 0 Å².